The van der Waals surface area contributed by atoms with Crippen LogP contribution in [-0.2, 0) is 0 Å². The first-order valence-corrected chi connectivity index (χ1v) is 4.79. The Morgan fingerprint density at radius 1 is 1.54 bits per heavy atom. The van der Waals surface area contributed by atoms with Gasteiger partial charge < -0.3 is 9.64 Å². The van der Waals surface area contributed by atoms with Gasteiger partial charge in [-0.15, -0.1) is 0 Å². The molecule has 0 saturated carbocycles. The van der Waals surface area contributed by atoms with Gasteiger partial charge >= 0.3 is 0 Å². The predicted molar refractivity (Wildman–Crippen MR) is 50.1 cm³/mol. The van der Waals surface area contributed by atoms with Gasteiger partial charge in [-0.25, -0.2) is 4.98 Å². The van der Waals surface area contributed by atoms with E-state index >= 15 is 0 Å². The molecule has 0 aliphatic carbocycles. The zero-order valence-electron chi connectivity index (χ0n) is 7.44. The third-order valence-corrected chi connectivity index (χ3v) is 2.83. The summed E-state index contributed by atoms with van der Waals surface area (Å²) in [7, 11) is 0. The zero-order valence-corrected chi connectivity index (χ0v) is 7.44. The molecular formula is C10H12N2O. The molecule has 1 saturated heterocycles. The second-order valence-corrected chi connectivity index (χ2v) is 3.63. The molecule has 1 aromatic heterocycles. The maximum Gasteiger partial charge on any atom is 0.171 e. The highest BCUT2D eigenvalue weighted by atomic mass is 16.5. The van der Waals surface area contributed by atoms with Crippen molar-refractivity contribution in [3.63, 3.8) is 0 Å². The van der Waals surface area contributed by atoms with Gasteiger partial charge in [-0.3, -0.25) is 0 Å². The molecule has 1 aromatic rings. The molecule has 2 aliphatic heterocycles. The van der Waals surface area contributed by atoms with E-state index in [-0.39, 0.29) is 0 Å². The van der Waals surface area contributed by atoms with Crippen LogP contribution in [0, 0.1) is 0 Å². The van der Waals surface area contributed by atoms with Crippen LogP contribution in [0.5, 0.6) is 5.75 Å². The Labute approximate surface area is 77.3 Å². The molecule has 1 atom stereocenters. The van der Waals surface area contributed by atoms with Crippen molar-refractivity contribution in [2.45, 2.75) is 18.9 Å². The number of pyridine rings is 1. The molecule has 13 heavy (non-hydrogen) atoms. The number of ether oxygens (including phenoxy) is 1. The molecule has 3 heteroatoms. The zero-order chi connectivity index (χ0) is 8.67. The summed E-state index contributed by atoms with van der Waals surface area (Å²) in [6, 6.07) is 4.49. The fourth-order valence-corrected chi connectivity index (χ4v) is 2.18. The van der Waals surface area contributed by atoms with E-state index < -0.39 is 0 Å². The summed E-state index contributed by atoms with van der Waals surface area (Å²) in [5, 5.41) is 0. The van der Waals surface area contributed by atoms with E-state index in [2.05, 4.69) is 9.88 Å². The molecule has 0 bridgehead atoms. The third kappa shape index (κ3) is 0.996. The summed E-state index contributed by atoms with van der Waals surface area (Å²) in [5.41, 5.74) is 0. The van der Waals surface area contributed by atoms with Gasteiger partial charge in [0.15, 0.2) is 11.6 Å². The monoisotopic (exact) mass is 176 g/mol. The quantitative estimate of drug-likeness (QED) is 0.598. The summed E-state index contributed by atoms with van der Waals surface area (Å²) in [6.45, 7) is 1.97. The number of nitrogens with zero attached hydrogens (tertiary/aromatic N) is 2. The van der Waals surface area contributed by atoms with Crippen LogP contribution >= 0.6 is 0 Å². The van der Waals surface area contributed by atoms with E-state index in [0.29, 0.717) is 6.04 Å². The fraction of sp³-hybridized carbons (Fsp3) is 0.500. The maximum atomic E-state index is 5.63. The predicted octanol–water partition coefficient (Wildman–Crippen LogP) is 1.44. The first-order chi connectivity index (χ1) is 6.45. The van der Waals surface area contributed by atoms with Crippen LogP contribution in [-0.4, -0.2) is 24.2 Å². The molecule has 0 amide bonds. The maximum absolute atomic E-state index is 5.63. The van der Waals surface area contributed by atoms with E-state index in [1.807, 2.05) is 18.3 Å². The highest BCUT2D eigenvalue weighted by Crippen LogP contribution is 2.35. The smallest absolute Gasteiger partial charge is 0.171 e. The first-order valence-electron chi connectivity index (χ1n) is 4.79. The summed E-state index contributed by atoms with van der Waals surface area (Å²) in [4.78, 5) is 6.74. The lowest BCUT2D eigenvalue weighted by atomic mass is 10.2. The third-order valence-electron chi connectivity index (χ3n) is 2.83. The number of rotatable bonds is 0. The molecule has 68 valence electrons. The van der Waals surface area contributed by atoms with Crippen molar-refractivity contribution in [2.24, 2.45) is 0 Å². The first kappa shape index (κ1) is 7.18. The molecule has 0 unspecified atom stereocenters. The van der Waals surface area contributed by atoms with Crippen LogP contribution in [0.3, 0.4) is 0 Å². The molecule has 3 nitrogen and oxygen atoms in total. The lowest BCUT2D eigenvalue weighted by Gasteiger charge is -2.31. The number of anilines is 1. The van der Waals surface area contributed by atoms with Gasteiger partial charge in [0, 0.05) is 12.7 Å². The Kier molecular flexibility index (Phi) is 1.45. The van der Waals surface area contributed by atoms with E-state index in [1.165, 1.54) is 12.8 Å². The Morgan fingerprint density at radius 2 is 2.54 bits per heavy atom. The summed E-state index contributed by atoms with van der Waals surface area (Å²) in [5.74, 6) is 1.98. The van der Waals surface area contributed by atoms with Crippen molar-refractivity contribution < 1.29 is 4.74 Å². The van der Waals surface area contributed by atoms with Crippen molar-refractivity contribution in [3.8, 4) is 5.75 Å². The molecule has 0 spiro atoms. The fourth-order valence-electron chi connectivity index (χ4n) is 2.18. The number of fused-ring (bicyclic) bond motifs is 3. The number of aromatic nitrogens is 1. The van der Waals surface area contributed by atoms with Crippen LogP contribution in [0.4, 0.5) is 5.82 Å². The second-order valence-electron chi connectivity index (χ2n) is 3.63. The molecule has 0 radical (unpaired) electrons. The van der Waals surface area contributed by atoms with Crippen LogP contribution in [0.25, 0.3) is 0 Å². The van der Waals surface area contributed by atoms with Gasteiger partial charge in [0.25, 0.3) is 0 Å². The van der Waals surface area contributed by atoms with Crippen molar-refractivity contribution in [1.82, 2.24) is 4.98 Å². The Balaban J connectivity index is 2.06. The molecule has 2 aliphatic rings. The van der Waals surface area contributed by atoms with E-state index in [4.69, 9.17) is 4.74 Å². The average molecular weight is 176 g/mol. The topological polar surface area (TPSA) is 25.4 Å². The second kappa shape index (κ2) is 2.62. The van der Waals surface area contributed by atoms with Gasteiger partial charge in [0.05, 0.1) is 6.04 Å². The summed E-state index contributed by atoms with van der Waals surface area (Å²) >= 11 is 0. The molecule has 0 aromatic carbocycles. The van der Waals surface area contributed by atoms with Crippen molar-refractivity contribution in [3.05, 3.63) is 18.3 Å². The van der Waals surface area contributed by atoms with E-state index in [1.54, 1.807) is 0 Å². The largest absolute Gasteiger partial charge is 0.488 e. The van der Waals surface area contributed by atoms with E-state index in [0.717, 1.165) is 24.7 Å². The van der Waals surface area contributed by atoms with Crippen LogP contribution < -0.4 is 9.64 Å². The lowest BCUT2D eigenvalue weighted by Crippen LogP contribution is -2.38. The Hall–Kier alpha value is -1.25. The van der Waals surface area contributed by atoms with Crippen molar-refractivity contribution >= 4 is 5.82 Å². The molecule has 3 rings (SSSR count). The normalized spacial score (nSPS) is 24.9. The SMILES string of the molecule is c1cnc2c(c1)OC[C@@H]1CCCN21. The minimum absolute atomic E-state index is 0.572. The molecule has 3 heterocycles. The minimum atomic E-state index is 0.572. The van der Waals surface area contributed by atoms with Crippen molar-refractivity contribution in [2.75, 3.05) is 18.1 Å². The lowest BCUT2D eigenvalue weighted by molar-refractivity contribution is 0.270. The highest BCUT2D eigenvalue weighted by Gasteiger charge is 2.31. The van der Waals surface area contributed by atoms with Crippen LogP contribution in [0.1, 0.15) is 12.8 Å². The molecule has 1 fully saturated rings. The standard InChI is InChI=1S/C10H12N2O/c1-4-9-10(11-5-1)12-6-2-3-8(12)7-13-9/h1,4-5,8H,2-3,6-7H2/t8-/m0/s1. The summed E-state index contributed by atoms with van der Waals surface area (Å²) in [6.07, 6.45) is 4.35. The van der Waals surface area contributed by atoms with Gasteiger partial charge in [0.2, 0.25) is 0 Å². The average Bonchev–Trinajstić information content (AvgIpc) is 2.65. The summed E-state index contributed by atoms with van der Waals surface area (Å²) < 4.78 is 5.63. The number of hydrogen-bond acceptors (Lipinski definition) is 3. The van der Waals surface area contributed by atoms with E-state index in [9.17, 15) is 0 Å². The Bertz CT molecular complexity index is 326. The van der Waals surface area contributed by atoms with Gasteiger partial charge in [-0.2, -0.15) is 0 Å². The van der Waals surface area contributed by atoms with Gasteiger partial charge in [-0.1, -0.05) is 0 Å². The van der Waals surface area contributed by atoms with Crippen LogP contribution in [0.2, 0.25) is 0 Å². The highest BCUT2D eigenvalue weighted by molar-refractivity contribution is 5.55. The molecular weight excluding hydrogens is 164 g/mol. The van der Waals surface area contributed by atoms with Gasteiger partial charge in [-0.05, 0) is 25.0 Å². The van der Waals surface area contributed by atoms with Gasteiger partial charge in [0.1, 0.15) is 6.61 Å². The Morgan fingerprint density at radius 3 is 3.54 bits per heavy atom. The number of hydrogen-bond donors (Lipinski definition) is 0. The van der Waals surface area contributed by atoms with Crippen LogP contribution in [0.15, 0.2) is 18.3 Å². The molecule has 0 N–H and O–H groups in total. The minimum Gasteiger partial charge on any atom is -0.488 e. The van der Waals surface area contributed by atoms with Crippen molar-refractivity contribution in [1.29, 1.82) is 0 Å².